The number of ether oxygens (including phenoxy) is 2. The van der Waals surface area contributed by atoms with Gasteiger partial charge in [0.05, 0.1) is 12.4 Å². The maximum atomic E-state index is 14.5. The van der Waals surface area contributed by atoms with Crippen LogP contribution in [0.3, 0.4) is 0 Å². The second-order valence-electron chi connectivity index (χ2n) is 6.73. The number of amides is 1. The fraction of sp³-hybridized carbons (Fsp3) is 0.333. The Bertz CT molecular complexity index is 1050. The van der Waals surface area contributed by atoms with Gasteiger partial charge in [-0.2, -0.15) is 22.0 Å². The number of hydrogen-bond donors (Lipinski definition) is 2. The highest BCUT2D eigenvalue weighted by molar-refractivity contribution is 6.02. The summed E-state index contributed by atoms with van der Waals surface area (Å²) in [5, 5.41) is 2.26. The van der Waals surface area contributed by atoms with Gasteiger partial charge in [-0.25, -0.2) is 23.7 Å². The predicted octanol–water partition coefficient (Wildman–Crippen LogP) is 3.30. The van der Waals surface area contributed by atoms with Crippen LogP contribution in [-0.4, -0.2) is 47.4 Å². The van der Waals surface area contributed by atoms with Crippen LogP contribution in [0.5, 0.6) is 5.88 Å². The Hall–Kier alpha value is -3.65. The third-order valence-electron chi connectivity index (χ3n) is 4.49. The van der Waals surface area contributed by atoms with Gasteiger partial charge in [-0.05, 0) is 18.2 Å². The molecule has 1 aliphatic heterocycles. The van der Waals surface area contributed by atoms with Crippen LogP contribution in [0.25, 0.3) is 0 Å². The summed E-state index contributed by atoms with van der Waals surface area (Å²) in [5.41, 5.74) is 1.69. The molecule has 1 aromatic heterocycles. The van der Waals surface area contributed by atoms with Crippen LogP contribution >= 0.6 is 0 Å². The van der Waals surface area contributed by atoms with E-state index in [1.807, 2.05) is 0 Å². The number of amidine groups is 1. The summed E-state index contributed by atoms with van der Waals surface area (Å²) in [7, 11) is 0. The van der Waals surface area contributed by atoms with Crippen molar-refractivity contribution in [2.24, 2.45) is 10.7 Å². The highest BCUT2D eigenvalue weighted by Crippen LogP contribution is 2.42. The maximum absolute atomic E-state index is 14.5. The largest absolute Gasteiger partial charge is 0.451 e. The van der Waals surface area contributed by atoms with Gasteiger partial charge >= 0.3 is 12.8 Å². The first-order valence-corrected chi connectivity index (χ1v) is 8.97. The molecule has 178 valence electrons. The van der Waals surface area contributed by atoms with E-state index in [9.17, 15) is 35.5 Å². The number of rotatable bonds is 6. The number of aliphatic imine (C=N–C) groups is 1. The number of nitrogens with two attached hydrogens (primary N) is 1. The fourth-order valence-electron chi connectivity index (χ4n) is 3.02. The molecular formula is C18H14F7N5O3. The minimum atomic E-state index is -4.89. The summed E-state index contributed by atoms with van der Waals surface area (Å²) < 4.78 is 101. The molecule has 15 heteroatoms. The smallest absolute Gasteiger partial charge is 0.411 e. The molecule has 0 radical (unpaired) electrons. The highest BCUT2D eigenvalue weighted by atomic mass is 19.4. The van der Waals surface area contributed by atoms with Crippen LogP contribution in [0, 0.1) is 5.82 Å². The Morgan fingerprint density at radius 1 is 1.30 bits per heavy atom. The molecule has 0 saturated carbocycles. The van der Waals surface area contributed by atoms with Gasteiger partial charge in [-0.3, -0.25) is 4.79 Å². The summed E-state index contributed by atoms with van der Waals surface area (Å²) in [5.74, 6) is -2.60. The van der Waals surface area contributed by atoms with Crippen LogP contribution in [0.4, 0.5) is 36.4 Å². The quantitative estimate of drug-likeness (QED) is 0.613. The topological polar surface area (TPSA) is 112 Å². The molecule has 3 N–H and O–H groups in total. The lowest BCUT2D eigenvalue weighted by molar-refractivity contribution is -0.167. The van der Waals surface area contributed by atoms with Crippen LogP contribution in [0.2, 0.25) is 0 Å². The van der Waals surface area contributed by atoms with E-state index in [1.165, 1.54) is 0 Å². The number of benzene rings is 1. The van der Waals surface area contributed by atoms with Crippen molar-refractivity contribution in [3.05, 3.63) is 47.7 Å². The molecule has 0 unspecified atom stereocenters. The van der Waals surface area contributed by atoms with Crippen LogP contribution in [0.15, 0.2) is 35.6 Å². The van der Waals surface area contributed by atoms with Gasteiger partial charge in [0.25, 0.3) is 11.9 Å². The number of aromatic nitrogens is 2. The number of halogens is 7. The molecule has 0 spiro atoms. The van der Waals surface area contributed by atoms with Crippen LogP contribution in [0.1, 0.15) is 22.5 Å². The van der Waals surface area contributed by atoms with Gasteiger partial charge in [0.1, 0.15) is 18.2 Å². The zero-order chi connectivity index (χ0) is 24.4. The Morgan fingerprint density at radius 3 is 2.61 bits per heavy atom. The third-order valence-corrected chi connectivity index (χ3v) is 4.49. The van der Waals surface area contributed by atoms with Gasteiger partial charge in [0.15, 0.2) is 11.6 Å². The second kappa shape index (κ2) is 9.07. The summed E-state index contributed by atoms with van der Waals surface area (Å²) in [4.78, 5) is 22.5. The van der Waals surface area contributed by atoms with Gasteiger partial charge in [0, 0.05) is 17.7 Å². The number of nitrogens with one attached hydrogen (secondary N) is 1. The maximum Gasteiger partial charge on any atom is 0.411 e. The predicted molar refractivity (Wildman–Crippen MR) is 97.8 cm³/mol. The van der Waals surface area contributed by atoms with Gasteiger partial charge in [-0.15, -0.1) is 0 Å². The molecule has 2 atom stereocenters. The molecule has 0 saturated heterocycles. The van der Waals surface area contributed by atoms with Crippen molar-refractivity contribution in [2.75, 3.05) is 12.0 Å². The lowest BCUT2D eigenvalue weighted by atomic mass is 9.86. The van der Waals surface area contributed by atoms with E-state index >= 15 is 0 Å². The van der Waals surface area contributed by atoms with Gasteiger partial charge in [-0.1, -0.05) is 0 Å². The van der Waals surface area contributed by atoms with Gasteiger partial charge < -0.3 is 20.5 Å². The van der Waals surface area contributed by atoms with E-state index < -0.39 is 66.7 Å². The Morgan fingerprint density at radius 2 is 2.03 bits per heavy atom. The molecule has 0 bridgehead atoms. The van der Waals surface area contributed by atoms with E-state index in [4.69, 9.17) is 10.5 Å². The van der Waals surface area contributed by atoms with Crippen LogP contribution < -0.4 is 15.8 Å². The number of carbonyl (C=O) groups excluding carboxylic acids is 1. The molecule has 33 heavy (non-hydrogen) atoms. The second-order valence-corrected chi connectivity index (χ2v) is 6.73. The third kappa shape index (κ3) is 5.40. The number of hydrogen-bond acceptors (Lipinski definition) is 7. The Balaban J connectivity index is 1.87. The number of carbonyl (C=O) groups is 1. The molecular weight excluding hydrogens is 467 g/mol. The summed E-state index contributed by atoms with van der Waals surface area (Å²) in [6.45, 7) is -4.74. The number of anilines is 1. The lowest BCUT2D eigenvalue weighted by Crippen LogP contribution is -2.48. The van der Waals surface area contributed by atoms with Crippen LogP contribution in [-0.2, 0) is 10.3 Å². The molecule has 1 aliphatic rings. The average molecular weight is 481 g/mol. The molecule has 1 amide bonds. The first-order chi connectivity index (χ1) is 15.4. The van der Waals surface area contributed by atoms with Crippen molar-refractivity contribution in [1.29, 1.82) is 0 Å². The summed E-state index contributed by atoms with van der Waals surface area (Å²) >= 11 is 0. The Kier molecular flexibility index (Phi) is 6.60. The minimum absolute atomic E-state index is 0.160. The van der Waals surface area contributed by atoms with E-state index in [2.05, 4.69) is 25.0 Å². The fourth-order valence-corrected chi connectivity index (χ4v) is 3.02. The van der Waals surface area contributed by atoms with E-state index in [1.54, 1.807) is 0 Å². The zero-order valence-electron chi connectivity index (χ0n) is 16.2. The molecule has 0 aliphatic carbocycles. The standard InChI is InChI=1S/C18H14F7N5O3/c19-7-17(4-12(18(23,24)25)30-16(26)33-17)9-3-8(1-2-10(9)20)29-14(31)11-5-28-13(6-27-11)32-15(21)22/h1-3,5-6,12,15H,4,7H2,(H2,26,30)(H,29,31)/t12-,17+/m0/s1. The summed E-state index contributed by atoms with van der Waals surface area (Å²) in [6, 6.07) is -0.714. The van der Waals surface area contributed by atoms with Crippen molar-refractivity contribution in [2.45, 2.75) is 30.9 Å². The SMILES string of the molecule is NC1=N[C@H](C(F)(F)F)C[C@@](CF)(c2cc(NC(=O)c3cnc(OC(F)F)cn3)ccc2F)O1. The monoisotopic (exact) mass is 481 g/mol. The van der Waals surface area contributed by atoms with Crippen molar-refractivity contribution in [3.63, 3.8) is 0 Å². The van der Waals surface area contributed by atoms with E-state index in [0.29, 0.717) is 0 Å². The number of nitrogens with zero attached hydrogens (tertiary/aromatic N) is 3. The zero-order valence-corrected chi connectivity index (χ0v) is 16.2. The lowest BCUT2D eigenvalue weighted by Gasteiger charge is -2.38. The molecule has 1 aromatic carbocycles. The van der Waals surface area contributed by atoms with Crippen molar-refractivity contribution in [1.82, 2.24) is 9.97 Å². The molecule has 3 rings (SSSR count). The average Bonchev–Trinajstić information content (AvgIpc) is 2.74. The summed E-state index contributed by atoms with van der Waals surface area (Å²) in [6.07, 6.45) is -4.42. The molecule has 2 heterocycles. The number of alkyl halides is 6. The first-order valence-electron chi connectivity index (χ1n) is 8.97. The van der Waals surface area contributed by atoms with Crippen molar-refractivity contribution >= 4 is 17.6 Å². The molecule has 0 fully saturated rings. The van der Waals surface area contributed by atoms with Crippen molar-refractivity contribution in [3.8, 4) is 5.88 Å². The van der Waals surface area contributed by atoms with Crippen molar-refractivity contribution < 1.29 is 45.0 Å². The molecule has 8 nitrogen and oxygen atoms in total. The minimum Gasteiger partial charge on any atom is -0.451 e. The highest BCUT2D eigenvalue weighted by Gasteiger charge is 2.52. The molecule has 2 aromatic rings. The Labute approximate surface area is 180 Å². The first kappa shape index (κ1) is 24.0. The van der Waals surface area contributed by atoms with Gasteiger partial charge in [0.2, 0.25) is 5.88 Å². The normalized spacial score (nSPS) is 20.7. The van der Waals surface area contributed by atoms with E-state index in [-0.39, 0.29) is 11.4 Å². The van der Waals surface area contributed by atoms with E-state index in [0.717, 1.165) is 30.6 Å².